The molecule has 7 heteroatoms. The average molecular weight is 345 g/mol. The van der Waals surface area contributed by atoms with Crippen LogP contribution in [0.4, 0.5) is 13.6 Å². The molecule has 3 aromatic rings. The summed E-state index contributed by atoms with van der Waals surface area (Å²) >= 11 is 0. The van der Waals surface area contributed by atoms with E-state index >= 15 is 0 Å². The number of hydrogen-bond donors (Lipinski definition) is 1. The molecule has 3 rings (SSSR count). The Kier molecular flexibility index (Phi) is 5.69. The second kappa shape index (κ2) is 7.74. The van der Waals surface area contributed by atoms with E-state index in [1.54, 1.807) is 0 Å². The van der Waals surface area contributed by atoms with E-state index in [-0.39, 0.29) is 12.2 Å². The quantitative estimate of drug-likeness (QED) is 0.565. The van der Waals surface area contributed by atoms with Gasteiger partial charge in [0.25, 0.3) is 0 Å². The molecule has 0 aliphatic heterocycles. The summed E-state index contributed by atoms with van der Waals surface area (Å²) in [5.74, 6) is 0.362. The number of imidazole rings is 1. The van der Waals surface area contributed by atoms with E-state index in [2.05, 4.69) is 21.9 Å². The van der Waals surface area contributed by atoms with E-state index in [4.69, 9.17) is 4.79 Å². The molecule has 0 spiro atoms. The first kappa shape index (κ1) is 18.4. The SMILES string of the molecule is Cc1cnc(CC(=O)c2nc3ccccc3[nH]2)c(C)c1C.O=C(F)F. The number of benzene rings is 1. The molecule has 2 aromatic heterocycles. The fourth-order valence-electron chi connectivity index (χ4n) is 2.38. The van der Waals surface area contributed by atoms with Crippen molar-refractivity contribution in [3.05, 3.63) is 58.7 Å². The molecule has 0 amide bonds. The van der Waals surface area contributed by atoms with Crippen molar-refractivity contribution in [2.45, 2.75) is 27.2 Å². The Morgan fingerprint density at radius 3 is 2.36 bits per heavy atom. The number of ketones is 1. The number of para-hydroxylation sites is 2. The summed E-state index contributed by atoms with van der Waals surface area (Å²) in [5, 5.41) is 0. The first-order valence-corrected chi connectivity index (χ1v) is 7.54. The van der Waals surface area contributed by atoms with Crippen LogP contribution in [0, 0.1) is 20.8 Å². The normalized spacial score (nSPS) is 10.3. The number of Topliss-reactive ketones (excluding diaryl/α,β-unsaturated/α-hetero) is 1. The molecule has 2 heterocycles. The maximum Gasteiger partial charge on any atom is 0.483 e. The van der Waals surface area contributed by atoms with E-state index in [1.807, 2.05) is 44.3 Å². The van der Waals surface area contributed by atoms with Gasteiger partial charge in [-0.1, -0.05) is 12.1 Å². The lowest BCUT2D eigenvalue weighted by Crippen LogP contribution is -2.09. The van der Waals surface area contributed by atoms with Crippen molar-refractivity contribution < 1.29 is 18.4 Å². The molecule has 0 aliphatic carbocycles. The third-order valence-electron chi connectivity index (χ3n) is 3.98. The molecule has 0 unspecified atom stereocenters. The number of fused-ring (bicyclic) bond motifs is 1. The summed E-state index contributed by atoms with van der Waals surface area (Å²) in [4.78, 5) is 32.3. The lowest BCUT2D eigenvalue weighted by Gasteiger charge is -2.08. The van der Waals surface area contributed by atoms with Gasteiger partial charge in [0.2, 0.25) is 5.78 Å². The molecule has 5 nitrogen and oxygen atoms in total. The van der Waals surface area contributed by atoms with Crippen molar-refractivity contribution in [1.29, 1.82) is 0 Å². The molecule has 0 aliphatic rings. The van der Waals surface area contributed by atoms with E-state index in [1.165, 1.54) is 5.56 Å². The standard InChI is InChI=1S/C17H17N3O.CF2O/c1-10-9-18-15(12(3)11(10)2)8-16(21)17-19-13-6-4-5-7-14(13)20-17;2-1(3)4/h4-7,9H,8H2,1-3H3,(H,19,20);. The van der Waals surface area contributed by atoms with Gasteiger partial charge in [-0.25, -0.2) is 9.78 Å². The van der Waals surface area contributed by atoms with Gasteiger partial charge in [0.1, 0.15) is 0 Å². The summed E-state index contributed by atoms with van der Waals surface area (Å²) in [6, 6.07) is 7.64. The number of nitrogens with one attached hydrogen (secondary N) is 1. The van der Waals surface area contributed by atoms with Gasteiger partial charge in [0.15, 0.2) is 5.82 Å². The van der Waals surface area contributed by atoms with Gasteiger partial charge >= 0.3 is 6.29 Å². The van der Waals surface area contributed by atoms with Crippen molar-refractivity contribution in [1.82, 2.24) is 15.0 Å². The van der Waals surface area contributed by atoms with Crippen LogP contribution in [0.25, 0.3) is 11.0 Å². The predicted molar refractivity (Wildman–Crippen MR) is 90.2 cm³/mol. The van der Waals surface area contributed by atoms with Crippen LogP contribution in [0.3, 0.4) is 0 Å². The highest BCUT2D eigenvalue weighted by atomic mass is 19.3. The van der Waals surface area contributed by atoms with Crippen molar-refractivity contribution in [2.75, 3.05) is 0 Å². The first-order valence-electron chi connectivity index (χ1n) is 7.54. The van der Waals surface area contributed by atoms with Gasteiger partial charge in [-0.15, -0.1) is 8.78 Å². The fourth-order valence-corrected chi connectivity index (χ4v) is 2.38. The van der Waals surface area contributed by atoms with Crippen molar-refractivity contribution in [3.8, 4) is 0 Å². The zero-order chi connectivity index (χ0) is 18.6. The third-order valence-corrected chi connectivity index (χ3v) is 3.98. The highest BCUT2D eigenvalue weighted by Crippen LogP contribution is 2.17. The summed E-state index contributed by atoms with van der Waals surface area (Å²) in [7, 11) is 0. The Morgan fingerprint density at radius 1 is 1.08 bits per heavy atom. The van der Waals surface area contributed by atoms with Gasteiger partial charge in [-0.2, -0.15) is 0 Å². The Labute approximate surface area is 143 Å². The minimum Gasteiger partial charge on any atom is -0.335 e. The molecule has 1 N–H and O–H groups in total. The van der Waals surface area contributed by atoms with Crippen LogP contribution in [0.5, 0.6) is 0 Å². The largest absolute Gasteiger partial charge is 0.483 e. The lowest BCUT2D eigenvalue weighted by atomic mass is 10.0. The number of nitrogens with zero attached hydrogens (tertiary/aromatic N) is 2. The van der Waals surface area contributed by atoms with Crippen LogP contribution in [0.1, 0.15) is 33.0 Å². The summed E-state index contributed by atoms with van der Waals surface area (Å²) in [5.41, 5.74) is 5.93. The molecule has 0 fully saturated rings. The number of aromatic nitrogens is 3. The van der Waals surface area contributed by atoms with Gasteiger partial charge in [0, 0.05) is 6.20 Å². The van der Waals surface area contributed by atoms with Crippen molar-refractivity contribution in [3.63, 3.8) is 0 Å². The van der Waals surface area contributed by atoms with Crippen LogP contribution in [0.15, 0.2) is 30.5 Å². The van der Waals surface area contributed by atoms with E-state index < -0.39 is 6.29 Å². The minimum atomic E-state index is -2.83. The molecule has 0 bridgehead atoms. The zero-order valence-corrected chi connectivity index (χ0v) is 14.1. The fraction of sp³-hybridized carbons (Fsp3) is 0.222. The second-order valence-electron chi connectivity index (χ2n) is 5.57. The number of hydrogen-bond acceptors (Lipinski definition) is 4. The number of H-pyrrole nitrogens is 1. The van der Waals surface area contributed by atoms with Crippen LogP contribution in [0.2, 0.25) is 0 Å². The number of aromatic amines is 1. The number of carbonyl (C=O) groups is 2. The van der Waals surface area contributed by atoms with Crippen LogP contribution < -0.4 is 0 Å². The summed E-state index contributed by atoms with van der Waals surface area (Å²) in [6.45, 7) is 6.10. The Balaban J connectivity index is 0.000000511. The first-order chi connectivity index (χ1) is 11.8. The highest BCUT2D eigenvalue weighted by Gasteiger charge is 2.15. The minimum absolute atomic E-state index is 0.0370. The molecule has 1 aromatic carbocycles. The molecule has 0 atom stereocenters. The molecular weight excluding hydrogens is 328 g/mol. The third kappa shape index (κ3) is 4.53. The molecule has 130 valence electrons. The number of carbonyl (C=O) groups excluding carboxylic acids is 2. The summed E-state index contributed by atoms with van der Waals surface area (Å²) in [6.07, 6.45) is -0.740. The van der Waals surface area contributed by atoms with Crippen molar-refractivity contribution in [2.24, 2.45) is 0 Å². The van der Waals surface area contributed by atoms with E-state index in [9.17, 15) is 13.6 Å². The van der Waals surface area contributed by atoms with E-state index in [0.29, 0.717) is 5.82 Å². The lowest BCUT2D eigenvalue weighted by molar-refractivity contribution is 0.0983. The maximum atomic E-state index is 12.4. The number of pyridine rings is 1. The highest BCUT2D eigenvalue weighted by molar-refractivity contribution is 5.97. The maximum absolute atomic E-state index is 12.4. The molecular formula is C18H17F2N3O2. The summed E-state index contributed by atoms with van der Waals surface area (Å²) < 4.78 is 19.4. The molecule has 25 heavy (non-hydrogen) atoms. The Bertz CT molecular complexity index is 898. The topological polar surface area (TPSA) is 75.7 Å². The van der Waals surface area contributed by atoms with E-state index in [0.717, 1.165) is 27.9 Å². The van der Waals surface area contributed by atoms with Gasteiger partial charge in [-0.05, 0) is 49.6 Å². The molecule has 0 saturated heterocycles. The monoisotopic (exact) mass is 345 g/mol. The van der Waals surface area contributed by atoms with Crippen LogP contribution >= 0.6 is 0 Å². The number of aryl methyl sites for hydroxylation is 1. The number of rotatable bonds is 3. The van der Waals surface area contributed by atoms with Crippen LogP contribution in [-0.4, -0.2) is 27.0 Å². The second-order valence-corrected chi connectivity index (χ2v) is 5.57. The molecule has 0 saturated carbocycles. The smallest absolute Gasteiger partial charge is 0.335 e. The van der Waals surface area contributed by atoms with Gasteiger partial charge in [-0.3, -0.25) is 9.78 Å². The number of halogens is 2. The van der Waals surface area contributed by atoms with Gasteiger partial charge < -0.3 is 4.98 Å². The Morgan fingerprint density at radius 2 is 1.72 bits per heavy atom. The van der Waals surface area contributed by atoms with Gasteiger partial charge in [0.05, 0.1) is 23.1 Å². The predicted octanol–water partition coefficient (Wildman–Crippen LogP) is 4.35. The average Bonchev–Trinajstić information content (AvgIpc) is 2.99. The van der Waals surface area contributed by atoms with Crippen molar-refractivity contribution >= 4 is 23.1 Å². The Hall–Kier alpha value is -2.96. The van der Waals surface area contributed by atoms with Crippen LogP contribution in [-0.2, 0) is 6.42 Å². The molecule has 0 radical (unpaired) electrons. The zero-order valence-electron chi connectivity index (χ0n) is 14.1.